The Bertz CT molecular complexity index is 677. The zero-order valence-corrected chi connectivity index (χ0v) is 15.9. The highest BCUT2D eigenvalue weighted by Gasteiger charge is 2.34. The molecule has 5 heteroatoms. The Labute approximate surface area is 157 Å². The molecule has 0 saturated carbocycles. The smallest absolute Gasteiger partial charge is 0.150 e. The summed E-state index contributed by atoms with van der Waals surface area (Å²) < 4.78 is 2.25. The van der Waals surface area contributed by atoms with E-state index in [1.165, 1.54) is 57.4 Å². The summed E-state index contributed by atoms with van der Waals surface area (Å²) in [4.78, 5) is 5.37. The molecule has 0 radical (unpaired) electrons. The van der Waals surface area contributed by atoms with Crippen LogP contribution in [0.5, 0.6) is 0 Å². The zero-order chi connectivity index (χ0) is 17.8. The first-order valence-electron chi connectivity index (χ1n) is 10.2. The van der Waals surface area contributed by atoms with Crippen molar-refractivity contribution in [2.75, 3.05) is 26.2 Å². The SMILES string of the molecule is CCCC(c1nncn1Cc1ccccc1)N1CC[C@@H](N2CCCC2)C1. The number of hydrogen-bond donors (Lipinski definition) is 0. The van der Waals surface area contributed by atoms with Gasteiger partial charge in [0.2, 0.25) is 0 Å². The molecule has 2 aromatic rings. The Morgan fingerprint density at radius 2 is 1.92 bits per heavy atom. The molecule has 1 aromatic carbocycles. The van der Waals surface area contributed by atoms with Crippen LogP contribution in [-0.4, -0.2) is 56.8 Å². The summed E-state index contributed by atoms with van der Waals surface area (Å²) in [6.07, 6.45) is 8.28. The maximum absolute atomic E-state index is 4.56. The number of aromatic nitrogens is 3. The van der Waals surface area contributed by atoms with Crippen molar-refractivity contribution >= 4 is 0 Å². The summed E-state index contributed by atoms with van der Waals surface area (Å²) in [5.41, 5.74) is 1.31. The predicted octanol–water partition coefficient (Wildman–Crippen LogP) is 3.34. The van der Waals surface area contributed by atoms with Crippen molar-refractivity contribution in [1.29, 1.82) is 0 Å². The van der Waals surface area contributed by atoms with E-state index < -0.39 is 0 Å². The van der Waals surface area contributed by atoms with Crippen molar-refractivity contribution in [1.82, 2.24) is 24.6 Å². The van der Waals surface area contributed by atoms with Gasteiger partial charge >= 0.3 is 0 Å². The van der Waals surface area contributed by atoms with Crippen LogP contribution in [0.25, 0.3) is 0 Å². The Morgan fingerprint density at radius 3 is 2.69 bits per heavy atom. The molecule has 2 atom stereocenters. The first-order chi connectivity index (χ1) is 12.8. The zero-order valence-electron chi connectivity index (χ0n) is 15.9. The molecule has 140 valence electrons. The normalized spacial score (nSPS) is 22.9. The van der Waals surface area contributed by atoms with Gasteiger partial charge < -0.3 is 4.57 Å². The van der Waals surface area contributed by atoms with Crippen LogP contribution in [0.3, 0.4) is 0 Å². The number of likely N-dealkylation sites (tertiary alicyclic amines) is 2. The highest BCUT2D eigenvalue weighted by molar-refractivity contribution is 5.16. The quantitative estimate of drug-likeness (QED) is 0.765. The molecule has 3 heterocycles. The molecular formula is C21H31N5. The molecular weight excluding hydrogens is 322 g/mol. The molecule has 2 saturated heterocycles. The van der Waals surface area contributed by atoms with Crippen molar-refractivity contribution in [2.24, 2.45) is 0 Å². The molecule has 0 amide bonds. The van der Waals surface area contributed by atoms with E-state index in [-0.39, 0.29) is 0 Å². The van der Waals surface area contributed by atoms with Crippen LogP contribution in [0.4, 0.5) is 0 Å². The predicted molar refractivity (Wildman–Crippen MR) is 104 cm³/mol. The third-order valence-electron chi connectivity index (χ3n) is 5.99. The van der Waals surface area contributed by atoms with Gasteiger partial charge in [0.25, 0.3) is 0 Å². The topological polar surface area (TPSA) is 37.2 Å². The largest absolute Gasteiger partial charge is 0.312 e. The Morgan fingerprint density at radius 1 is 1.12 bits per heavy atom. The minimum Gasteiger partial charge on any atom is -0.312 e. The van der Waals surface area contributed by atoms with E-state index in [0.29, 0.717) is 6.04 Å². The standard InChI is InChI=1S/C21H31N5/c1-2-8-20(25-14-11-19(16-25)24-12-6-7-13-24)21-23-22-17-26(21)15-18-9-4-3-5-10-18/h3-5,9-10,17,19-20H,2,6-8,11-16H2,1H3/t19-,20?/m1/s1. The fourth-order valence-corrected chi connectivity index (χ4v) is 4.63. The minimum atomic E-state index is 0.388. The minimum absolute atomic E-state index is 0.388. The van der Waals surface area contributed by atoms with Gasteiger partial charge in [-0.1, -0.05) is 43.7 Å². The summed E-state index contributed by atoms with van der Waals surface area (Å²) in [6.45, 7) is 8.08. The van der Waals surface area contributed by atoms with Gasteiger partial charge in [0.05, 0.1) is 12.6 Å². The van der Waals surface area contributed by atoms with Gasteiger partial charge in [0.1, 0.15) is 6.33 Å². The second-order valence-electron chi connectivity index (χ2n) is 7.79. The van der Waals surface area contributed by atoms with Crippen LogP contribution in [0.2, 0.25) is 0 Å². The molecule has 0 N–H and O–H groups in total. The molecule has 1 aromatic heterocycles. The third kappa shape index (κ3) is 3.84. The number of hydrogen-bond acceptors (Lipinski definition) is 4. The maximum Gasteiger partial charge on any atom is 0.150 e. The van der Waals surface area contributed by atoms with Crippen LogP contribution < -0.4 is 0 Å². The average molecular weight is 354 g/mol. The number of benzene rings is 1. The van der Waals surface area contributed by atoms with Crippen molar-refractivity contribution in [3.8, 4) is 0 Å². The fraction of sp³-hybridized carbons (Fsp3) is 0.619. The Hall–Kier alpha value is -1.72. The lowest BCUT2D eigenvalue weighted by molar-refractivity contribution is 0.184. The molecule has 0 aliphatic carbocycles. The van der Waals surface area contributed by atoms with Gasteiger partial charge in [0, 0.05) is 19.1 Å². The molecule has 4 rings (SSSR count). The summed E-state index contributed by atoms with van der Waals surface area (Å²) in [6, 6.07) is 11.8. The molecule has 26 heavy (non-hydrogen) atoms. The summed E-state index contributed by atoms with van der Waals surface area (Å²) in [5.74, 6) is 1.14. The van der Waals surface area contributed by atoms with E-state index in [1.807, 2.05) is 6.33 Å². The van der Waals surface area contributed by atoms with E-state index in [9.17, 15) is 0 Å². The monoisotopic (exact) mass is 353 g/mol. The lowest BCUT2D eigenvalue weighted by Gasteiger charge is -2.29. The second kappa shape index (κ2) is 8.31. The summed E-state index contributed by atoms with van der Waals surface area (Å²) in [7, 11) is 0. The first kappa shape index (κ1) is 17.7. The van der Waals surface area contributed by atoms with Gasteiger partial charge in [-0.05, 0) is 44.3 Å². The summed E-state index contributed by atoms with van der Waals surface area (Å²) >= 11 is 0. The van der Waals surface area contributed by atoms with Crippen LogP contribution >= 0.6 is 0 Å². The maximum atomic E-state index is 4.56. The lowest BCUT2D eigenvalue weighted by atomic mass is 10.1. The van der Waals surface area contributed by atoms with E-state index in [0.717, 1.165) is 24.8 Å². The van der Waals surface area contributed by atoms with Crippen LogP contribution in [0.15, 0.2) is 36.7 Å². The Balaban J connectivity index is 1.49. The molecule has 2 aliphatic heterocycles. The molecule has 2 fully saturated rings. The molecule has 5 nitrogen and oxygen atoms in total. The molecule has 1 unspecified atom stereocenters. The molecule has 0 bridgehead atoms. The van der Waals surface area contributed by atoms with Crippen molar-refractivity contribution in [2.45, 2.75) is 57.7 Å². The molecule has 0 spiro atoms. The number of nitrogens with zero attached hydrogens (tertiary/aromatic N) is 5. The highest BCUT2D eigenvalue weighted by Crippen LogP contribution is 2.30. The van der Waals surface area contributed by atoms with Crippen LogP contribution in [0.1, 0.15) is 56.5 Å². The van der Waals surface area contributed by atoms with E-state index >= 15 is 0 Å². The van der Waals surface area contributed by atoms with E-state index in [4.69, 9.17) is 0 Å². The van der Waals surface area contributed by atoms with Crippen molar-refractivity contribution < 1.29 is 0 Å². The number of rotatable bonds is 7. The lowest BCUT2D eigenvalue weighted by Crippen LogP contribution is -2.37. The Kier molecular flexibility index (Phi) is 5.65. The van der Waals surface area contributed by atoms with E-state index in [1.54, 1.807) is 0 Å². The van der Waals surface area contributed by atoms with Gasteiger partial charge in [0.15, 0.2) is 5.82 Å². The average Bonchev–Trinajstić information content (AvgIpc) is 3.42. The van der Waals surface area contributed by atoms with Gasteiger partial charge in [-0.3, -0.25) is 9.80 Å². The van der Waals surface area contributed by atoms with Crippen LogP contribution in [0, 0.1) is 0 Å². The summed E-state index contributed by atoms with van der Waals surface area (Å²) in [5, 5.41) is 8.82. The third-order valence-corrected chi connectivity index (χ3v) is 5.99. The highest BCUT2D eigenvalue weighted by atomic mass is 15.3. The van der Waals surface area contributed by atoms with Gasteiger partial charge in [-0.25, -0.2) is 0 Å². The first-order valence-corrected chi connectivity index (χ1v) is 10.2. The van der Waals surface area contributed by atoms with Crippen molar-refractivity contribution in [3.05, 3.63) is 48.0 Å². The van der Waals surface area contributed by atoms with Gasteiger partial charge in [-0.15, -0.1) is 10.2 Å². The fourth-order valence-electron chi connectivity index (χ4n) is 4.63. The van der Waals surface area contributed by atoms with Crippen LogP contribution in [-0.2, 0) is 6.54 Å². The second-order valence-corrected chi connectivity index (χ2v) is 7.79. The van der Waals surface area contributed by atoms with Crippen molar-refractivity contribution in [3.63, 3.8) is 0 Å². The molecule has 2 aliphatic rings. The van der Waals surface area contributed by atoms with E-state index in [2.05, 4.69) is 61.8 Å². The van der Waals surface area contributed by atoms with Gasteiger partial charge in [-0.2, -0.15) is 0 Å².